The third kappa shape index (κ3) is 4.32. The molecule has 1 aliphatic rings. The van der Waals surface area contributed by atoms with E-state index in [0.29, 0.717) is 19.1 Å². The summed E-state index contributed by atoms with van der Waals surface area (Å²) >= 11 is 0. The topological polar surface area (TPSA) is 58.6 Å². The van der Waals surface area contributed by atoms with E-state index >= 15 is 0 Å². The maximum Gasteiger partial charge on any atom is 0.229 e. The van der Waals surface area contributed by atoms with Gasteiger partial charge in [-0.05, 0) is 30.5 Å². The standard InChI is InChI=1S/C18H26N2O3/c1-12(2)14-5-7-16(8-6-14)19-18(22)15-9-17(21)20(10-15)13(3)11-23-4/h5-8,12-13,15H,9-11H2,1-4H3,(H,19,22)/t13-,15+/m1/s1. The lowest BCUT2D eigenvalue weighted by molar-refractivity contribution is -0.130. The molecule has 0 spiro atoms. The van der Waals surface area contributed by atoms with Gasteiger partial charge in [-0.1, -0.05) is 26.0 Å². The molecule has 23 heavy (non-hydrogen) atoms. The zero-order valence-electron chi connectivity index (χ0n) is 14.3. The minimum absolute atomic E-state index is 0.00405. The van der Waals surface area contributed by atoms with Gasteiger partial charge >= 0.3 is 0 Å². The molecule has 0 bridgehead atoms. The number of nitrogens with zero attached hydrogens (tertiary/aromatic N) is 1. The largest absolute Gasteiger partial charge is 0.383 e. The summed E-state index contributed by atoms with van der Waals surface area (Å²) in [6.45, 7) is 7.14. The number of methoxy groups -OCH3 is 1. The van der Waals surface area contributed by atoms with Crippen molar-refractivity contribution in [2.75, 3.05) is 25.6 Å². The number of ether oxygens (including phenoxy) is 1. The molecule has 0 radical (unpaired) electrons. The van der Waals surface area contributed by atoms with Crippen molar-refractivity contribution >= 4 is 17.5 Å². The molecule has 126 valence electrons. The van der Waals surface area contributed by atoms with E-state index in [-0.39, 0.29) is 30.2 Å². The number of hydrogen-bond donors (Lipinski definition) is 1. The number of anilines is 1. The summed E-state index contributed by atoms with van der Waals surface area (Å²) in [7, 11) is 1.61. The van der Waals surface area contributed by atoms with E-state index in [1.807, 2.05) is 31.2 Å². The van der Waals surface area contributed by atoms with E-state index in [9.17, 15) is 9.59 Å². The zero-order chi connectivity index (χ0) is 17.0. The highest BCUT2D eigenvalue weighted by molar-refractivity contribution is 5.97. The molecule has 0 aliphatic carbocycles. The van der Waals surface area contributed by atoms with Crippen LogP contribution in [-0.2, 0) is 14.3 Å². The SMILES string of the molecule is COC[C@@H](C)N1C[C@@H](C(=O)Nc2ccc(C(C)C)cc2)CC1=O. The molecule has 2 atom stereocenters. The van der Waals surface area contributed by atoms with Crippen LogP contribution in [0, 0.1) is 5.92 Å². The number of likely N-dealkylation sites (tertiary alicyclic amines) is 1. The lowest BCUT2D eigenvalue weighted by atomic mass is 10.0. The number of hydrogen-bond acceptors (Lipinski definition) is 3. The summed E-state index contributed by atoms with van der Waals surface area (Å²) in [5.74, 6) is 0.0854. The first-order valence-electron chi connectivity index (χ1n) is 8.11. The molecule has 1 fully saturated rings. The van der Waals surface area contributed by atoms with E-state index in [0.717, 1.165) is 5.69 Å². The van der Waals surface area contributed by atoms with Gasteiger partial charge in [0.15, 0.2) is 0 Å². The first-order chi connectivity index (χ1) is 10.9. The Morgan fingerprint density at radius 1 is 1.30 bits per heavy atom. The number of rotatable bonds is 6. The lowest BCUT2D eigenvalue weighted by Crippen LogP contribution is -2.38. The Balaban J connectivity index is 1.95. The molecule has 1 saturated heterocycles. The van der Waals surface area contributed by atoms with Gasteiger partial charge in [-0.3, -0.25) is 9.59 Å². The van der Waals surface area contributed by atoms with Gasteiger partial charge in [0, 0.05) is 25.8 Å². The molecule has 0 aromatic heterocycles. The van der Waals surface area contributed by atoms with Crippen LogP contribution in [0.2, 0.25) is 0 Å². The van der Waals surface area contributed by atoms with Crippen molar-refractivity contribution in [3.05, 3.63) is 29.8 Å². The minimum Gasteiger partial charge on any atom is -0.383 e. The van der Waals surface area contributed by atoms with Crippen LogP contribution in [0.5, 0.6) is 0 Å². The van der Waals surface area contributed by atoms with Crippen molar-refractivity contribution in [1.29, 1.82) is 0 Å². The van der Waals surface area contributed by atoms with Crippen molar-refractivity contribution < 1.29 is 14.3 Å². The Labute approximate surface area is 138 Å². The minimum atomic E-state index is -0.299. The normalized spacial score (nSPS) is 19.3. The molecule has 2 amide bonds. The Kier molecular flexibility index (Phi) is 5.77. The summed E-state index contributed by atoms with van der Waals surface area (Å²) in [5.41, 5.74) is 2.01. The van der Waals surface area contributed by atoms with Crippen LogP contribution in [0.15, 0.2) is 24.3 Å². The van der Waals surface area contributed by atoms with Gasteiger partial charge < -0.3 is 15.0 Å². The van der Waals surface area contributed by atoms with E-state index in [1.165, 1.54) is 5.56 Å². The maximum absolute atomic E-state index is 12.4. The van der Waals surface area contributed by atoms with Crippen LogP contribution in [0.3, 0.4) is 0 Å². The molecule has 0 unspecified atom stereocenters. The van der Waals surface area contributed by atoms with Crippen molar-refractivity contribution in [1.82, 2.24) is 4.90 Å². The molecule has 1 heterocycles. The Bertz CT molecular complexity index is 554. The molecule has 5 heteroatoms. The highest BCUT2D eigenvalue weighted by Crippen LogP contribution is 2.23. The third-order valence-electron chi connectivity index (χ3n) is 4.31. The quantitative estimate of drug-likeness (QED) is 0.877. The number of benzene rings is 1. The summed E-state index contributed by atoms with van der Waals surface area (Å²) in [6, 6.07) is 7.86. The fraction of sp³-hybridized carbons (Fsp3) is 0.556. The second-order valence-corrected chi connectivity index (χ2v) is 6.52. The van der Waals surface area contributed by atoms with E-state index in [2.05, 4.69) is 19.2 Å². The molecular weight excluding hydrogens is 292 g/mol. The highest BCUT2D eigenvalue weighted by Gasteiger charge is 2.36. The van der Waals surface area contributed by atoms with Gasteiger partial charge in [-0.15, -0.1) is 0 Å². The number of carbonyl (C=O) groups excluding carboxylic acids is 2. The second kappa shape index (κ2) is 7.59. The molecule has 1 aromatic rings. The van der Waals surface area contributed by atoms with Gasteiger partial charge in [0.25, 0.3) is 0 Å². The molecule has 1 aliphatic heterocycles. The van der Waals surface area contributed by atoms with Gasteiger partial charge in [0.1, 0.15) is 0 Å². The number of nitrogens with one attached hydrogen (secondary N) is 1. The molecule has 2 rings (SSSR count). The number of amides is 2. The second-order valence-electron chi connectivity index (χ2n) is 6.52. The summed E-state index contributed by atoms with van der Waals surface area (Å²) < 4.78 is 5.09. The van der Waals surface area contributed by atoms with E-state index in [4.69, 9.17) is 4.74 Å². The van der Waals surface area contributed by atoms with E-state index in [1.54, 1.807) is 12.0 Å². The average Bonchev–Trinajstić information content (AvgIpc) is 2.90. The molecule has 5 nitrogen and oxygen atoms in total. The zero-order valence-corrected chi connectivity index (χ0v) is 14.3. The first kappa shape index (κ1) is 17.5. The molecular formula is C18H26N2O3. The molecule has 1 aromatic carbocycles. The maximum atomic E-state index is 12.4. The Morgan fingerprint density at radius 3 is 2.52 bits per heavy atom. The Morgan fingerprint density at radius 2 is 1.96 bits per heavy atom. The average molecular weight is 318 g/mol. The fourth-order valence-corrected chi connectivity index (χ4v) is 2.86. The highest BCUT2D eigenvalue weighted by atomic mass is 16.5. The summed E-state index contributed by atoms with van der Waals surface area (Å²) in [5, 5.41) is 2.91. The first-order valence-corrected chi connectivity index (χ1v) is 8.11. The van der Waals surface area contributed by atoms with Crippen molar-refractivity contribution in [2.45, 2.75) is 39.2 Å². The van der Waals surface area contributed by atoms with Crippen molar-refractivity contribution in [2.24, 2.45) is 5.92 Å². The monoisotopic (exact) mass is 318 g/mol. The lowest BCUT2D eigenvalue weighted by Gasteiger charge is -2.23. The predicted molar refractivity (Wildman–Crippen MR) is 90.3 cm³/mol. The van der Waals surface area contributed by atoms with Crippen molar-refractivity contribution in [3.8, 4) is 0 Å². The van der Waals surface area contributed by atoms with Crippen LogP contribution in [0.4, 0.5) is 5.69 Å². The van der Waals surface area contributed by atoms with Crippen LogP contribution >= 0.6 is 0 Å². The fourth-order valence-electron chi connectivity index (χ4n) is 2.86. The number of carbonyl (C=O) groups is 2. The van der Waals surface area contributed by atoms with Crippen LogP contribution in [-0.4, -0.2) is 43.0 Å². The van der Waals surface area contributed by atoms with Gasteiger partial charge in [-0.2, -0.15) is 0 Å². The predicted octanol–water partition coefficient (Wildman–Crippen LogP) is 2.63. The van der Waals surface area contributed by atoms with E-state index < -0.39 is 0 Å². The molecule has 1 N–H and O–H groups in total. The smallest absolute Gasteiger partial charge is 0.229 e. The third-order valence-corrected chi connectivity index (χ3v) is 4.31. The van der Waals surface area contributed by atoms with Crippen LogP contribution in [0.1, 0.15) is 38.7 Å². The van der Waals surface area contributed by atoms with Gasteiger partial charge in [0.2, 0.25) is 11.8 Å². The molecule has 0 saturated carbocycles. The van der Waals surface area contributed by atoms with Crippen LogP contribution in [0.25, 0.3) is 0 Å². The summed E-state index contributed by atoms with van der Waals surface area (Å²) in [4.78, 5) is 26.2. The van der Waals surface area contributed by atoms with Gasteiger partial charge in [-0.25, -0.2) is 0 Å². The van der Waals surface area contributed by atoms with Gasteiger partial charge in [0.05, 0.1) is 18.6 Å². The summed E-state index contributed by atoms with van der Waals surface area (Å²) in [6.07, 6.45) is 0.268. The van der Waals surface area contributed by atoms with Crippen molar-refractivity contribution in [3.63, 3.8) is 0 Å². The Hall–Kier alpha value is -1.88. The van der Waals surface area contributed by atoms with Crippen LogP contribution < -0.4 is 5.32 Å².